The number of esters is 1. The van der Waals surface area contributed by atoms with Gasteiger partial charge in [0.25, 0.3) is 0 Å². The molecule has 1 N–H and O–H groups in total. The van der Waals surface area contributed by atoms with Crippen LogP contribution >= 0.6 is 0 Å². The van der Waals surface area contributed by atoms with E-state index in [9.17, 15) is 4.79 Å². The van der Waals surface area contributed by atoms with E-state index in [4.69, 9.17) is 9.47 Å². The van der Waals surface area contributed by atoms with Gasteiger partial charge >= 0.3 is 5.97 Å². The van der Waals surface area contributed by atoms with Crippen molar-refractivity contribution in [2.75, 3.05) is 39.5 Å². The molecule has 5 heteroatoms. The summed E-state index contributed by atoms with van der Waals surface area (Å²) in [4.78, 5) is 14.0. The number of ether oxygens (including phenoxy) is 2. The fraction of sp³-hybridized carbons (Fsp3) is 0.917. The van der Waals surface area contributed by atoms with Crippen molar-refractivity contribution in [3.8, 4) is 0 Å². The number of morpholine rings is 1. The van der Waals surface area contributed by atoms with Gasteiger partial charge in [-0.25, -0.2) is 0 Å². The first kappa shape index (κ1) is 14.4. The van der Waals surface area contributed by atoms with Gasteiger partial charge in [0, 0.05) is 25.7 Å². The molecule has 0 spiro atoms. The standard InChI is InChI=1S/C12H24N2O3/c1-4-17-12(15)11(13-10(2)3)9-14-5-7-16-8-6-14/h10-11,13H,4-9H2,1-3H3. The topological polar surface area (TPSA) is 50.8 Å². The molecule has 17 heavy (non-hydrogen) atoms. The van der Waals surface area contributed by atoms with Crippen molar-refractivity contribution in [1.29, 1.82) is 0 Å². The molecule has 0 aliphatic carbocycles. The molecule has 1 atom stereocenters. The van der Waals surface area contributed by atoms with Crippen LogP contribution in [-0.2, 0) is 14.3 Å². The SMILES string of the molecule is CCOC(=O)C(CN1CCOCC1)NC(C)C. The molecule has 1 aliphatic rings. The van der Waals surface area contributed by atoms with E-state index in [1.807, 2.05) is 20.8 Å². The summed E-state index contributed by atoms with van der Waals surface area (Å²) in [6, 6.07) is 0.0264. The van der Waals surface area contributed by atoms with Crippen LogP contribution in [0.4, 0.5) is 0 Å². The van der Waals surface area contributed by atoms with Crippen LogP contribution in [0.3, 0.4) is 0 Å². The monoisotopic (exact) mass is 244 g/mol. The number of carbonyl (C=O) groups excluding carboxylic acids is 1. The smallest absolute Gasteiger partial charge is 0.324 e. The Bertz CT molecular complexity index is 228. The Labute approximate surface area is 103 Å². The van der Waals surface area contributed by atoms with Crippen LogP contribution in [0, 0.1) is 0 Å². The van der Waals surface area contributed by atoms with Crippen molar-refractivity contribution in [1.82, 2.24) is 10.2 Å². The molecule has 1 rings (SSSR count). The van der Waals surface area contributed by atoms with E-state index in [0.29, 0.717) is 13.2 Å². The van der Waals surface area contributed by atoms with Crippen molar-refractivity contribution < 1.29 is 14.3 Å². The van der Waals surface area contributed by atoms with Gasteiger partial charge in [-0.05, 0) is 6.92 Å². The number of hydrogen-bond acceptors (Lipinski definition) is 5. The minimum atomic E-state index is -0.243. The maximum absolute atomic E-state index is 11.8. The van der Waals surface area contributed by atoms with Gasteiger partial charge in [-0.2, -0.15) is 0 Å². The van der Waals surface area contributed by atoms with Gasteiger partial charge in [-0.15, -0.1) is 0 Å². The van der Waals surface area contributed by atoms with Gasteiger partial charge < -0.3 is 14.8 Å². The second-order valence-electron chi connectivity index (χ2n) is 4.54. The Hall–Kier alpha value is -0.650. The molecule has 0 aromatic rings. The number of hydrogen-bond donors (Lipinski definition) is 1. The predicted octanol–water partition coefficient (Wildman–Crippen LogP) is 0.248. The predicted molar refractivity (Wildman–Crippen MR) is 66.0 cm³/mol. The zero-order chi connectivity index (χ0) is 12.7. The minimum Gasteiger partial charge on any atom is -0.465 e. The number of carbonyl (C=O) groups is 1. The van der Waals surface area contributed by atoms with Gasteiger partial charge in [0.2, 0.25) is 0 Å². The van der Waals surface area contributed by atoms with Crippen LogP contribution in [0.2, 0.25) is 0 Å². The average molecular weight is 244 g/mol. The first-order valence-corrected chi connectivity index (χ1v) is 6.36. The molecule has 0 amide bonds. The van der Waals surface area contributed by atoms with Gasteiger partial charge in [0.05, 0.1) is 19.8 Å². The molecule has 100 valence electrons. The highest BCUT2D eigenvalue weighted by molar-refractivity contribution is 5.76. The summed E-state index contributed by atoms with van der Waals surface area (Å²) >= 11 is 0. The number of nitrogens with one attached hydrogen (secondary N) is 1. The zero-order valence-electron chi connectivity index (χ0n) is 11.1. The lowest BCUT2D eigenvalue weighted by Gasteiger charge is -2.30. The van der Waals surface area contributed by atoms with Crippen molar-refractivity contribution in [2.45, 2.75) is 32.9 Å². The fourth-order valence-corrected chi connectivity index (χ4v) is 1.88. The maximum Gasteiger partial charge on any atom is 0.324 e. The first-order valence-electron chi connectivity index (χ1n) is 6.36. The number of rotatable bonds is 6. The van der Waals surface area contributed by atoms with Crippen molar-refractivity contribution in [2.24, 2.45) is 0 Å². The molecule has 1 heterocycles. The highest BCUT2D eigenvalue weighted by Crippen LogP contribution is 2.01. The van der Waals surface area contributed by atoms with Gasteiger partial charge in [0.15, 0.2) is 0 Å². The third-order valence-corrected chi connectivity index (χ3v) is 2.65. The van der Waals surface area contributed by atoms with Crippen LogP contribution in [0.1, 0.15) is 20.8 Å². The Kier molecular flexibility index (Phi) is 6.47. The summed E-state index contributed by atoms with van der Waals surface area (Å²) in [5.74, 6) is -0.160. The molecule has 1 saturated heterocycles. The van der Waals surface area contributed by atoms with E-state index in [1.54, 1.807) is 0 Å². The van der Waals surface area contributed by atoms with Gasteiger partial charge in [0.1, 0.15) is 6.04 Å². The highest BCUT2D eigenvalue weighted by Gasteiger charge is 2.24. The molecule has 5 nitrogen and oxygen atoms in total. The summed E-state index contributed by atoms with van der Waals surface area (Å²) in [6.45, 7) is 10.3. The van der Waals surface area contributed by atoms with Crippen LogP contribution < -0.4 is 5.32 Å². The summed E-state index contributed by atoms with van der Waals surface area (Å²) in [5, 5.41) is 3.25. The normalized spacial score (nSPS) is 19.3. The lowest BCUT2D eigenvalue weighted by Crippen LogP contribution is -2.51. The Morgan fingerprint density at radius 3 is 2.59 bits per heavy atom. The molecular weight excluding hydrogens is 220 g/mol. The Morgan fingerprint density at radius 2 is 2.06 bits per heavy atom. The Morgan fingerprint density at radius 1 is 1.41 bits per heavy atom. The van der Waals surface area contributed by atoms with Crippen LogP contribution in [0.25, 0.3) is 0 Å². The van der Waals surface area contributed by atoms with Crippen molar-refractivity contribution in [3.63, 3.8) is 0 Å². The van der Waals surface area contributed by atoms with E-state index in [0.717, 1.165) is 26.3 Å². The van der Waals surface area contributed by atoms with E-state index in [-0.39, 0.29) is 18.1 Å². The van der Waals surface area contributed by atoms with E-state index >= 15 is 0 Å². The molecule has 0 radical (unpaired) electrons. The molecular formula is C12H24N2O3. The Balaban J connectivity index is 2.46. The second-order valence-corrected chi connectivity index (χ2v) is 4.54. The summed E-state index contributed by atoms with van der Waals surface area (Å²) in [6.07, 6.45) is 0. The zero-order valence-corrected chi connectivity index (χ0v) is 11.1. The maximum atomic E-state index is 11.8. The largest absolute Gasteiger partial charge is 0.465 e. The number of nitrogens with zero attached hydrogens (tertiary/aromatic N) is 1. The van der Waals surface area contributed by atoms with Crippen LogP contribution in [-0.4, -0.2) is 62.4 Å². The van der Waals surface area contributed by atoms with E-state index in [1.165, 1.54) is 0 Å². The quantitative estimate of drug-likeness (QED) is 0.679. The minimum absolute atomic E-state index is 0.160. The third-order valence-electron chi connectivity index (χ3n) is 2.65. The van der Waals surface area contributed by atoms with E-state index in [2.05, 4.69) is 10.2 Å². The lowest BCUT2D eigenvalue weighted by atomic mass is 10.2. The molecule has 1 aliphatic heterocycles. The fourth-order valence-electron chi connectivity index (χ4n) is 1.88. The van der Waals surface area contributed by atoms with Gasteiger partial charge in [-0.3, -0.25) is 9.69 Å². The lowest BCUT2D eigenvalue weighted by molar-refractivity contribution is -0.146. The second kappa shape index (κ2) is 7.63. The van der Waals surface area contributed by atoms with Crippen LogP contribution in [0.15, 0.2) is 0 Å². The molecule has 0 aromatic carbocycles. The molecule has 0 bridgehead atoms. The third kappa shape index (κ3) is 5.48. The van der Waals surface area contributed by atoms with Crippen LogP contribution in [0.5, 0.6) is 0 Å². The molecule has 1 unspecified atom stereocenters. The van der Waals surface area contributed by atoms with Gasteiger partial charge in [-0.1, -0.05) is 13.8 Å². The molecule has 1 fully saturated rings. The molecule has 0 saturated carbocycles. The summed E-state index contributed by atoms with van der Waals surface area (Å²) in [7, 11) is 0. The van der Waals surface area contributed by atoms with Crippen molar-refractivity contribution >= 4 is 5.97 Å². The van der Waals surface area contributed by atoms with Crippen molar-refractivity contribution in [3.05, 3.63) is 0 Å². The average Bonchev–Trinajstić information content (AvgIpc) is 2.29. The van der Waals surface area contributed by atoms with E-state index < -0.39 is 0 Å². The summed E-state index contributed by atoms with van der Waals surface area (Å²) in [5.41, 5.74) is 0. The highest BCUT2D eigenvalue weighted by atomic mass is 16.5. The summed E-state index contributed by atoms with van der Waals surface area (Å²) < 4.78 is 10.4. The molecule has 0 aromatic heterocycles. The first-order chi connectivity index (χ1) is 8.13.